The summed E-state index contributed by atoms with van der Waals surface area (Å²) >= 11 is 0. The molecule has 2 atom stereocenters. The Labute approximate surface area is 236 Å². The van der Waals surface area contributed by atoms with Crippen molar-refractivity contribution in [2.75, 3.05) is 26.8 Å². The van der Waals surface area contributed by atoms with E-state index in [9.17, 15) is 4.79 Å². The van der Waals surface area contributed by atoms with Crippen LogP contribution in [0.25, 0.3) is 27.0 Å². The first kappa shape index (κ1) is 27.6. The number of carbonyl (C=O) groups excluding carboxylic acids is 1. The number of para-hydroxylation sites is 2. The fourth-order valence-corrected chi connectivity index (χ4v) is 5.71. The molecule has 0 aliphatic carbocycles. The number of carbonyl (C=O) groups is 1. The van der Waals surface area contributed by atoms with Crippen molar-refractivity contribution in [1.29, 1.82) is 0 Å². The van der Waals surface area contributed by atoms with Crippen LogP contribution >= 0.6 is 0 Å². The molecule has 40 heavy (non-hydrogen) atoms. The average molecular weight is 536 g/mol. The lowest BCUT2D eigenvalue weighted by Gasteiger charge is -2.33. The lowest BCUT2D eigenvalue weighted by Crippen LogP contribution is -2.42. The molecule has 2 heterocycles. The van der Waals surface area contributed by atoms with Crippen molar-refractivity contribution in [1.82, 2.24) is 14.5 Å². The number of nitrogens with zero attached hydrogens (tertiary/aromatic N) is 4. The standard InChI is InChI=1S/C33H37N5O2/c1-35-29-16-14-26(15-17-29)25-12-10-24(11-13-25)21-28(34)22-32(39)37-18-5-7-27(23-37)33-36-30-8-3-4-9-31(30)38(33)19-6-20-40-2/h3-4,8-17,27-28H,5-7,18-23,34H2,2H3/t27-,28-/m1/s1. The number of likely N-dealkylation sites (tertiary alicyclic amines) is 1. The summed E-state index contributed by atoms with van der Waals surface area (Å²) in [5.41, 5.74) is 12.5. The zero-order chi connectivity index (χ0) is 27.9. The molecule has 1 fully saturated rings. The van der Waals surface area contributed by atoms with Crippen molar-refractivity contribution >= 4 is 22.6 Å². The SMILES string of the molecule is [C-]#[N+]c1ccc(-c2ccc(C[C@@H](N)CC(=O)N3CCC[C@@H](c4nc5ccccc5n4CCCOC)C3)cc2)cc1. The second kappa shape index (κ2) is 12.9. The molecule has 0 saturated carbocycles. The summed E-state index contributed by atoms with van der Waals surface area (Å²) in [6, 6.07) is 23.9. The van der Waals surface area contributed by atoms with Gasteiger partial charge in [-0.15, -0.1) is 0 Å². The van der Waals surface area contributed by atoms with E-state index in [-0.39, 0.29) is 17.9 Å². The van der Waals surface area contributed by atoms with Gasteiger partial charge in [0.15, 0.2) is 5.69 Å². The van der Waals surface area contributed by atoms with Crippen LogP contribution in [0.1, 0.15) is 43.0 Å². The van der Waals surface area contributed by atoms with Crippen LogP contribution in [0.4, 0.5) is 5.69 Å². The van der Waals surface area contributed by atoms with Crippen molar-refractivity contribution in [3.63, 3.8) is 0 Å². The van der Waals surface area contributed by atoms with Gasteiger partial charge < -0.3 is 19.9 Å². The number of methoxy groups -OCH3 is 1. The molecule has 5 rings (SSSR count). The molecule has 0 bridgehead atoms. The van der Waals surface area contributed by atoms with Gasteiger partial charge in [-0.05, 0) is 54.5 Å². The predicted octanol–water partition coefficient (Wildman–Crippen LogP) is 5.96. The van der Waals surface area contributed by atoms with Crippen LogP contribution in [0, 0.1) is 6.57 Å². The minimum Gasteiger partial charge on any atom is -0.385 e. The van der Waals surface area contributed by atoms with Crippen LogP contribution in [-0.2, 0) is 22.5 Å². The Kier molecular flexibility index (Phi) is 8.90. The molecule has 206 valence electrons. The molecular formula is C33H37N5O2. The topological polar surface area (TPSA) is 77.7 Å². The highest BCUT2D eigenvalue weighted by Crippen LogP contribution is 2.30. The van der Waals surface area contributed by atoms with E-state index in [4.69, 9.17) is 22.0 Å². The van der Waals surface area contributed by atoms with Crippen LogP contribution in [-0.4, -0.2) is 53.2 Å². The minimum atomic E-state index is -0.240. The lowest BCUT2D eigenvalue weighted by atomic mass is 9.95. The zero-order valence-corrected chi connectivity index (χ0v) is 23.1. The number of amides is 1. The molecule has 4 aromatic rings. The van der Waals surface area contributed by atoms with Gasteiger partial charge in [0, 0.05) is 51.7 Å². The molecule has 1 amide bonds. The molecule has 7 heteroatoms. The first-order valence-electron chi connectivity index (χ1n) is 14.1. The number of fused-ring (bicyclic) bond motifs is 1. The molecule has 1 aromatic heterocycles. The number of imidazole rings is 1. The number of nitrogens with two attached hydrogens (primary N) is 1. The molecule has 1 saturated heterocycles. The molecule has 0 unspecified atom stereocenters. The van der Waals surface area contributed by atoms with Gasteiger partial charge in [0.05, 0.1) is 17.6 Å². The van der Waals surface area contributed by atoms with Crippen LogP contribution in [0.2, 0.25) is 0 Å². The number of hydrogen-bond donors (Lipinski definition) is 1. The maximum Gasteiger partial charge on any atom is 0.224 e. The van der Waals surface area contributed by atoms with Crippen molar-refractivity contribution in [2.45, 2.75) is 50.6 Å². The Morgan fingerprint density at radius 2 is 1.82 bits per heavy atom. The van der Waals surface area contributed by atoms with Gasteiger partial charge in [0.25, 0.3) is 0 Å². The number of rotatable bonds is 10. The number of aryl methyl sites for hydroxylation is 1. The number of hydrogen-bond acceptors (Lipinski definition) is 4. The maximum absolute atomic E-state index is 13.3. The Bertz CT molecular complexity index is 1470. The van der Waals surface area contributed by atoms with E-state index in [2.05, 4.69) is 51.9 Å². The molecule has 3 aromatic carbocycles. The van der Waals surface area contributed by atoms with Crippen molar-refractivity contribution in [2.24, 2.45) is 5.73 Å². The Morgan fingerprint density at radius 3 is 2.55 bits per heavy atom. The summed E-state index contributed by atoms with van der Waals surface area (Å²) in [5.74, 6) is 1.40. The van der Waals surface area contributed by atoms with Gasteiger partial charge in [-0.3, -0.25) is 4.79 Å². The van der Waals surface area contributed by atoms with E-state index in [0.29, 0.717) is 31.7 Å². The Hall–Kier alpha value is -3.99. The molecular weight excluding hydrogens is 498 g/mol. The average Bonchev–Trinajstić information content (AvgIpc) is 3.36. The smallest absolute Gasteiger partial charge is 0.224 e. The van der Waals surface area contributed by atoms with E-state index in [1.165, 1.54) is 0 Å². The number of ether oxygens (including phenoxy) is 1. The summed E-state index contributed by atoms with van der Waals surface area (Å²) < 4.78 is 7.61. The van der Waals surface area contributed by atoms with E-state index in [0.717, 1.165) is 65.9 Å². The number of piperidine rings is 1. The highest BCUT2D eigenvalue weighted by atomic mass is 16.5. The van der Waals surface area contributed by atoms with E-state index >= 15 is 0 Å². The molecule has 0 spiro atoms. The summed E-state index contributed by atoms with van der Waals surface area (Å²) in [7, 11) is 1.73. The number of aromatic nitrogens is 2. The third kappa shape index (κ3) is 6.41. The van der Waals surface area contributed by atoms with Gasteiger partial charge in [0.1, 0.15) is 5.82 Å². The van der Waals surface area contributed by atoms with E-state index in [1.807, 2.05) is 35.2 Å². The summed E-state index contributed by atoms with van der Waals surface area (Å²) in [4.78, 5) is 23.8. The number of benzene rings is 3. The highest BCUT2D eigenvalue weighted by molar-refractivity contribution is 5.78. The van der Waals surface area contributed by atoms with E-state index in [1.54, 1.807) is 7.11 Å². The van der Waals surface area contributed by atoms with Crippen LogP contribution in [0.5, 0.6) is 0 Å². The Balaban J connectivity index is 1.20. The second-order valence-electron chi connectivity index (χ2n) is 10.7. The fraction of sp³-hybridized carbons (Fsp3) is 0.364. The molecule has 2 N–H and O–H groups in total. The predicted molar refractivity (Wildman–Crippen MR) is 159 cm³/mol. The summed E-state index contributed by atoms with van der Waals surface area (Å²) in [5, 5.41) is 0. The fourth-order valence-electron chi connectivity index (χ4n) is 5.71. The first-order valence-corrected chi connectivity index (χ1v) is 14.1. The molecule has 1 aliphatic rings. The monoisotopic (exact) mass is 535 g/mol. The van der Waals surface area contributed by atoms with Gasteiger partial charge in [-0.25, -0.2) is 9.83 Å². The lowest BCUT2D eigenvalue weighted by molar-refractivity contribution is -0.132. The highest BCUT2D eigenvalue weighted by Gasteiger charge is 2.29. The molecule has 1 aliphatic heterocycles. The van der Waals surface area contributed by atoms with Crippen molar-refractivity contribution in [3.8, 4) is 11.1 Å². The van der Waals surface area contributed by atoms with Crippen molar-refractivity contribution in [3.05, 3.63) is 95.6 Å². The van der Waals surface area contributed by atoms with Gasteiger partial charge >= 0.3 is 0 Å². The van der Waals surface area contributed by atoms with Gasteiger partial charge in [0.2, 0.25) is 5.91 Å². The van der Waals surface area contributed by atoms with Crippen molar-refractivity contribution < 1.29 is 9.53 Å². The Morgan fingerprint density at radius 1 is 1.10 bits per heavy atom. The normalized spacial score (nSPS) is 16.1. The molecule has 7 nitrogen and oxygen atoms in total. The minimum absolute atomic E-state index is 0.121. The van der Waals surface area contributed by atoms with Crippen LogP contribution < -0.4 is 5.73 Å². The van der Waals surface area contributed by atoms with Gasteiger partial charge in [-0.1, -0.05) is 60.7 Å². The van der Waals surface area contributed by atoms with Gasteiger partial charge in [-0.2, -0.15) is 0 Å². The molecule has 0 radical (unpaired) electrons. The third-order valence-corrected chi connectivity index (χ3v) is 7.77. The quantitative estimate of drug-likeness (QED) is 0.201. The largest absolute Gasteiger partial charge is 0.385 e. The summed E-state index contributed by atoms with van der Waals surface area (Å²) in [6.45, 7) is 10.1. The van der Waals surface area contributed by atoms with Crippen LogP contribution in [0.3, 0.4) is 0 Å². The maximum atomic E-state index is 13.3. The first-order chi connectivity index (χ1) is 19.6. The zero-order valence-electron chi connectivity index (χ0n) is 23.1. The second-order valence-corrected chi connectivity index (χ2v) is 10.7. The summed E-state index contributed by atoms with van der Waals surface area (Å²) in [6.07, 6.45) is 3.89. The van der Waals surface area contributed by atoms with Crippen LogP contribution in [0.15, 0.2) is 72.8 Å². The van der Waals surface area contributed by atoms with E-state index < -0.39 is 0 Å². The third-order valence-electron chi connectivity index (χ3n) is 7.77.